The highest BCUT2D eigenvalue weighted by Crippen LogP contribution is 2.12. The summed E-state index contributed by atoms with van der Waals surface area (Å²) < 4.78 is 0. The number of anilines is 2. The highest BCUT2D eigenvalue weighted by molar-refractivity contribution is 5.51. The molecule has 0 amide bonds. The molecular formula is C11H16N2. The minimum atomic E-state index is 0.418. The Kier molecular flexibility index (Phi) is 3.38. The molecule has 0 spiro atoms. The smallest absolute Gasteiger partial charge is 0.0343 e. The molecule has 2 heteroatoms. The summed E-state index contributed by atoms with van der Waals surface area (Å²) in [4.78, 5) is 0. The van der Waals surface area contributed by atoms with E-state index < -0.39 is 0 Å². The first-order valence-electron chi connectivity index (χ1n) is 4.45. The molecular weight excluding hydrogens is 160 g/mol. The van der Waals surface area contributed by atoms with Crippen molar-refractivity contribution in [2.45, 2.75) is 19.4 Å². The highest BCUT2D eigenvalue weighted by atomic mass is 14.9. The number of hydrogen-bond donors (Lipinski definition) is 2. The third kappa shape index (κ3) is 3.20. The molecule has 0 fully saturated rings. The fraction of sp³-hybridized carbons (Fsp3) is 0.273. The summed E-state index contributed by atoms with van der Waals surface area (Å²) in [7, 11) is 0. The largest absolute Gasteiger partial charge is 0.399 e. The van der Waals surface area contributed by atoms with Gasteiger partial charge in [0.15, 0.2) is 0 Å². The van der Waals surface area contributed by atoms with Gasteiger partial charge in [0.1, 0.15) is 0 Å². The molecule has 0 bridgehead atoms. The lowest BCUT2D eigenvalue weighted by Crippen LogP contribution is -2.13. The Hall–Kier alpha value is -1.44. The van der Waals surface area contributed by atoms with E-state index in [-0.39, 0.29) is 0 Å². The van der Waals surface area contributed by atoms with Gasteiger partial charge in [-0.1, -0.05) is 6.08 Å². The molecule has 0 aliphatic rings. The van der Waals surface area contributed by atoms with Crippen LogP contribution in [0.5, 0.6) is 0 Å². The zero-order valence-electron chi connectivity index (χ0n) is 7.96. The Morgan fingerprint density at radius 3 is 2.62 bits per heavy atom. The summed E-state index contributed by atoms with van der Waals surface area (Å²) in [5.74, 6) is 0. The average molecular weight is 176 g/mol. The van der Waals surface area contributed by atoms with Gasteiger partial charge in [-0.25, -0.2) is 0 Å². The van der Waals surface area contributed by atoms with Crippen molar-refractivity contribution in [3.8, 4) is 0 Å². The Morgan fingerprint density at radius 1 is 1.46 bits per heavy atom. The van der Waals surface area contributed by atoms with Gasteiger partial charge in [0.2, 0.25) is 0 Å². The van der Waals surface area contributed by atoms with Crippen LogP contribution in [0, 0.1) is 0 Å². The summed E-state index contributed by atoms with van der Waals surface area (Å²) in [5, 5.41) is 3.34. The van der Waals surface area contributed by atoms with E-state index in [4.69, 9.17) is 5.73 Å². The maximum Gasteiger partial charge on any atom is 0.0343 e. The van der Waals surface area contributed by atoms with Gasteiger partial charge in [-0.3, -0.25) is 0 Å². The zero-order valence-corrected chi connectivity index (χ0v) is 7.96. The van der Waals surface area contributed by atoms with Crippen LogP contribution in [-0.4, -0.2) is 6.04 Å². The number of hydrogen-bond acceptors (Lipinski definition) is 2. The molecule has 0 radical (unpaired) electrons. The maximum atomic E-state index is 5.57. The van der Waals surface area contributed by atoms with Gasteiger partial charge < -0.3 is 11.1 Å². The molecule has 1 aromatic carbocycles. The van der Waals surface area contributed by atoms with Crippen LogP contribution in [-0.2, 0) is 0 Å². The molecule has 1 aromatic rings. The van der Waals surface area contributed by atoms with Crippen LogP contribution >= 0.6 is 0 Å². The summed E-state index contributed by atoms with van der Waals surface area (Å²) in [6.07, 6.45) is 2.87. The van der Waals surface area contributed by atoms with Gasteiger partial charge in [0, 0.05) is 17.4 Å². The lowest BCUT2D eigenvalue weighted by atomic mass is 10.2. The zero-order chi connectivity index (χ0) is 9.68. The van der Waals surface area contributed by atoms with Gasteiger partial charge in [0.05, 0.1) is 0 Å². The second kappa shape index (κ2) is 4.55. The van der Waals surface area contributed by atoms with Crippen LogP contribution in [0.3, 0.4) is 0 Å². The number of nitrogens with two attached hydrogens (primary N) is 1. The Balaban J connectivity index is 2.53. The molecule has 1 rings (SSSR count). The number of benzene rings is 1. The lowest BCUT2D eigenvalue weighted by Gasteiger charge is -2.12. The molecule has 70 valence electrons. The van der Waals surface area contributed by atoms with Crippen LogP contribution in [0.4, 0.5) is 11.4 Å². The van der Waals surface area contributed by atoms with Crippen molar-refractivity contribution in [1.29, 1.82) is 0 Å². The van der Waals surface area contributed by atoms with Crippen molar-refractivity contribution in [3.05, 3.63) is 36.9 Å². The molecule has 0 saturated heterocycles. The molecule has 0 aliphatic heterocycles. The van der Waals surface area contributed by atoms with E-state index in [0.29, 0.717) is 6.04 Å². The first-order valence-corrected chi connectivity index (χ1v) is 4.45. The molecule has 0 heterocycles. The Morgan fingerprint density at radius 2 is 2.08 bits per heavy atom. The van der Waals surface area contributed by atoms with E-state index in [1.54, 1.807) is 0 Å². The molecule has 13 heavy (non-hydrogen) atoms. The first-order chi connectivity index (χ1) is 6.22. The fourth-order valence-corrected chi connectivity index (χ4v) is 1.17. The normalized spacial score (nSPS) is 12.1. The topological polar surface area (TPSA) is 38.0 Å². The van der Waals surface area contributed by atoms with Gasteiger partial charge in [-0.15, -0.1) is 6.58 Å². The van der Waals surface area contributed by atoms with E-state index >= 15 is 0 Å². The van der Waals surface area contributed by atoms with E-state index in [9.17, 15) is 0 Å². The number of nitrogens with one attached hydrogen (secondary N) is 1. The van der Waals surface area contributed by atoms with Gasteiger partial charge in [0.25, 0.3) is 0 Å². The van der Waals surface area contributed by atoms with Crippen LogP contribution in [0.2, 0.25) is 0 Å². The van der Waals surface area contributed by atoms with Gasteiger partial charge in [-0.2, -0.15) is 0 Å². The molecule has 2 nitrogen and oxygen atoms in total. The van der Waals surface area contributed by atoms with Gasteiger partial charge >= 0.3 is 0 Å². The predicted molar refractivity (Wildman–Crippen MR) is 58.8 cm³/mol. The number of rotatable bonds is 4. The Bertz CT molecular complexity index is 264. The van der Waals surface area contributed by atoms with Crippen LogP contribution < -0.4 is 11.1 Å². The van der Waals surface area contributed by atoms with Crippen molar-refractivity contribution in [2.75, 3.05) is 11.1 Å². The van der Waals surface area contributed by atoms with E-state index in [0.717, 1.165) is 17.8 Å². The van der Waals surface area contributed by atoms with E-state index in [1.807, 2.05) is 30.3 Å². The highest BCUT2D eigenvalue weighted by Gasteiger charge is 1.98. The van der Waals surface area contributed by atoms with Crippen LogP contribution in [0.1, 0.15) is 13.3 Å². The Labute approximate surface area is 79.5 Å². The maximum absolute atomic E-state index is 5.57. The number of nitrogen functional groups attached to an aromatic ring is 1. The molecule has 0 saturated carbocycles. The summed E-state index contributed by atoms with van der Waals surface area (Å²) >= 11 is 0. The molecule has 0 aliphatic carbocycles. The molecule has 1 atom stereocenters. The van der Waals surface area contributed by atoms with Crippen LogP contribution in [0.15, 0.2) is 36.9 Å². The molecule has 1 unspecified atom stereocenters. The molecule has 0 aromatic heterocycles. The quantitative estimate of drug-likeness (QED) is 0.546. The molecule has 3 N–H and O–H groups in total. The second-order valence-corrected chi connectivity index (χ2v) is 3.19. The third-order valence-electron chi connectivity index (χ3n) is 1.84. The van der Waals surface area contributed by atoms with Gasteiger partial charge in [-0.05, 0) is 37.6 Å². The van der Waals surface area contributed by atoms with Crippen molar-refractivity contribution >= 4 is 11.4 Å². The minimum Gasteiger partial charge on any atom is -0.399 e. The average Bonchev–Trinajstić information content (AvgIpc) is 2.09. The second-order valence-electron chi connectivity index (χ2n) is 3.19. The first kappa shape index (κ1) is 9.65. The minimum absolute atomic E-state index is 0.418. The monoisotopic (exact) mass is 176 g/mol. The SMILES string of the molecule is C=CCC(C)Nc1ccc(N)cc1. The fourth-order valence-electron chi connectivity index (χ4n) is 1.17. The predicted octanol–water partition coefficient (Wildman–Crippen LogP) is 2.65. The lowest BCUT2D eigenvalue weighted by molar-refractivity contribution is 0.814. The van der Waals surface area contributed by atoms with Crippen LogP contribution in [0.25, 0.3) is 0 Å². The summed E-state index contributed by atoms with van der Waals surface area (Å²) in [5.41, 5.74) is 7.47. The van der Waals surface area contributed by atoms with E-state index in [1.165, 1.54) is 0 Å². The van der Waals surface area contributed by atoms with Crippen molar-refractivity contribution < 1.29 is 0 Å². The standard InChI is InChI=1S/C11H16N2/c1-3-4-9(2)13-11-7-5-10(12)6-8-11/h3,5-9,13H,1,4,12H2,2H3. The van der Waals surface area contributed by atoms with E-state index in [2.05, 4.69) is 18.8 Å². The summed E-state index contributed by atoms with van der Waals surface area (Å²) in [6.45, 7) is 5.82. The van der Waals surface area contributed by atoms with Crippen molar-refractivity contribution in [1.82, 2.24) is 0 Å². The third-order valence-corrected chi connectivity index (χ3v) is 1.84. The van der Waals surface area contributed by atoms with Crippen molar-refractivity contribution in [3.63, 3.8) is 0 Å². The van der Waals surface area contributed by atoms with Crippen molar-refractivity contribution in [2.24, 2.45) is 0 Å². The summed E-state index contributed by atoms with van der Waals surface area (Å²) in [6, 6.07) is 8.16.